The summed E-state index contributed by atoms with van der Waals surface area (Å²) >= 11 is 1.64. The van der Waals surface area contributed by atoms with Gasteiger partial charge in [-0.3, -0.25) is 4.79 Å². The van der Waals surface area contributed by atoms with Crippen LogP contribution in [0.4, 0.5) is 0 Å². The molecule has 0 aromatic carbocycles. The Bertz CT molecular complexity index is 606. The normalized spacial score (nSPS) is 12.6. The third kappa shape index (κ3) is 3.87. The standard InChI is InChI=1S/C14H19N3O3S/c1-8(2)13-16-17-14(20-13)9(3)15-12(18)11-6-5-10(19-11)7-21-4/h5-6,8-9H,7H2,1-4H3,(H,15,18). The number of thioether (sulfide) groups is 1. The molecule has 0 saturated heterocycles. The Kier molecular flexibility index (Phi) is 5.06. The lowest BCUT2D eigenvalue weighted by atomic mass is 10.2. The predicted molar refractivity (Wildman–Crippen MR) is 80.2 cm³/mol. The molecule has 1 N–H and O–H groups in total. The van der Waals surface area contributed by atoms with Crippen molar-refractivity contribution in [3.05, 3.63) is 35.4 Å². The predicted octanol–water partition coefficient (Wildman–Crippen LogP) is 3.14. The highest BCUT2D eigenvalue weighted by Crippen LogP contribution is 2.18. The van der Waals surface area contributed by atoms with Crippen molar-refractivity contribution in [1.82, 2.24) is 15.5 Å². The van der Waals surface area contributed by atoms with Crippen molar-refractivity contribution in [3.8, 4) is 0 Å². The molecule has 21 heavy (non-hydrogen) atoms. The maximum absolute atomic E-state index is 12.1. The molecule has 2 rings (SSSR count). The van der Waals surface area contributed by atoms with Crippen LogP contribution in [0.15, 0.2) is 21.0 Å². The molecule has 0 saturated carbocycles. The third-order valence-corrected chi connectivity index (χ3v) is 3.41. The molecule has 0 aliphatic carbocycles. The minimum Gasteiger partial charge on any atom is -0.455 e. The number of furan rings is 1. The smallest absolute Gasteiger partial charge is 0.287 e. The van der Waals surface area contributed by atoms with Crippen molar-refractivity contribution in [2.45, 2.75) is 38.5 Å². The number of nitrogens with one attached hydrogen (secondary N) is 1. The lowest BCUT2D eigenvalue weighted by Crippen LogP contribution is -2.26. The molecule has 0 spiro atoms. The first-order valence-electron chi connectivity index (χ1n) is 6.73. The van der Waals surface area contributed by atoms with E-state index < -0.39 is 0 Å². The lowest BCUT2D eigenvalue weighted by Gasteiger charge is -2.08. The van der Waals surface area contributed by atoms with Gasteiger partial charge in [0.1, 0.15) is 11.8 Å². The number of amides is 1. The molecule has 1 unspecified atom stereocenters. The first-order chi connectivity index (χ1) is 10.0. The van der Waals surface area contributed by atoms with Crippen LogP contribution in [0, 0.1) is 0 Å². The highest BCUT2D eigenvalue weighted by atomic mass is 32.2. The Morgan fingerprint density at radius 3 is 2.57 bits per heavy atom. The van der Waals surface area contributed by atoms with Gasteiger partial charge in [0.05, 0.1) is 5.75 Å². The van der Waals surface area contributed by atoms with E-state index in [0.29, 0.717) is 11.8 Å². The van der Waals surface area contributed by atoms with Gasteiger partial charge < -0.3 is 14.2 Å². The number of carbonyl (C=O) groups is 1. The minimum absolute atomic E-state index is 0.160. The fraction of sp³-hybridized carbons (Fsp3) is 0.500. The van der Waals surface area contributed by atoms with E-state index in [1.54, 1.807) is 30.8 Å². The molecule has 0 radical (unpaired) electrons. The zero-order chi connectivity index (χ0) is 15.4. The maximum atomic E-state index is 12.1. The van der Waals surface area contributed by atoms with E-state index in [1.807, 2.05) is 20.1 Å². The molecular formula is C14H19N3O3S. The summed E-state index contributed by atoms with van der Waals surface area (Å²) in [6.45, 7) is 5.73. The van der Waals surface area contributed by atoms with Crippen LogP contribution in [0.5, 0.6) is 0 Å². The summed E-state index contributed by atoms with van der Waals surface area (Å²) in [5, 5.41) is 10.7. The summed E-state index contributed by atoms with van der Waals surface area (Å²) < 4.78 is 11.0. The number of rotatable bonds is 6. The Morgan fingerprint density at radius 2 is 1.95 bits per heavy atom. The van der Waals surface area contributed by atoms with Gasteiger partial charge >= 0.3 is 0 Å². The SMILES string of the molecule is CSCc1ccc(C(=O)NC(C)c2nnc(C(C)C)o2)o1. The molecule has 0 aliphatic heterocycles. The summed E-state index contributed by atoms with van der Waals surface area (Å²) in [5.41, 5.74) is 0. The second kappa shape index (κ2) is 6.80. The van der Waals surface area contributed by atoms with Crippen molar-refractivity contribution in [3.63, 3.8) is 0 Å². The van der Waals surface area contributed by atoms with Crippen molar-refractivity contribution >= 4 is 17.7 Å². The van der Waals surface area contributed by atoms with Gasteiger partial charge in [0.2, 0.25) is 11.8 Å². The van der Waals surface area contributed by atoms with Crippen LogP contribution < -0.4 is 5.32 Å². The first-order valence-corrected chi connectivity index (χ1v) is 8.12. The largest absolute Gasteiger partial charge is 0.455 e. The minimum atomic E-state index is -0.369. The lowest BCUT2D eigenvalue weighted by molar-refractivity contribution is 0.0904. The summed E-state index contributed by atoms with van der Waals surface area (Å²) in [6, 6.07) is 3.10. The van der Waals surface area contributed by atoms with Gasteiger partial charge in [0.15, 0.2) is 5.76 Å². The summed E-state index contributed by atoms with van der Waals surface area (Å²) in [5.74, 6) is 2.63. The fourth-order valence-electron chi connectivity index (χ4n) is 1.70. The Balaban J connectivity index is 2.00. The molecule has 2 heterocycles. The van der Waals surface area contributed by atoms with Crippen LogP contribution in [-0.4, -0.2) is 22.4 Å². The summed E-state index contributed by atoms with van der Waals surface area (Å²) in [6.07, 6.45) is 1.98. The fourth-order valence-corrected chi connectivity index (χ4v) is 2.14. The second-order valence-corrected chi connectivity index (χ2v) is 5.89. The monoisotopic (exact) mass is 309 g/mol. The number of aromatic nitrogens is 2. The number of nitrogens with zero attached hydrogens (tertiary/aromatic N) is 2. The molecule has 6 nitrogen and oxygen atoms in total. The maximum Gasteiger partial charge on any atom is 0.287 e. The molecule has 1 atom stereocenters. The first kappa shape index (κ1) is 15.6. The van der Waals surface area contributed by atoms with Gasteiger partial charge in [0, 0.05) is 5.92 Å². The van der Waals surface area contributed by atoms with Gasteiger partial charge in [-0.2, -0.15) is 11.8 Å². The zero-order valence-corrected chi connectivity index (χ0v) is 13.4. The van der Waals surface area contributed by atoms with Crippen molar-refractivity contribution in [2.75, 3.05) is 6.26 Å². The summed E-state index contributed by atoms with van der Waals surface area (Å²) in [7, 11) is 0. The highest BCUT2D eigenvalue weighted by molar-refractivity contribution is 7.97. The highest BCUT2D eigenvalue weighted by Gasteiger charge is 2.20. The van der Waals surface area contributed by atoms with Crippen LogP contribution >= 0.6 is 11.8 Å². The van der Waals surface area contributed by atoms with Gasteiger partial charge in [-0.15, -0.1) is 10.2 Å². The molecule has 2 aromatic heterocycles. The van der Waals surface area contributed by atoms with Crippen LogP contribution in [-0.2, 0) is 5.75 Å². The molecule has 0 aliphatic rings. The molecule has 7 heteroatoms. The molecule has 2 aromatic rings. The quantitative estimate of drug-likeness (QED) is 0.883. The third-order valence-electron chi connectivity index (χ3n) is 2.84. The van der Waals surface area contributed by atoms with Gasteiger partial charge in [-0.25, -0.2) is 0 Å². The van der Waals surface area contributed by atoms with Crippen LogP contribution in [0.1, 0.15) is 60.8 Å². The average Bonchev–Trinajstić information content (AvgIpc) is 3.07. The molecule has 114 valence electrons. The van der Waals surface area contributed by atoms with Crippen LogP contribution in [0.3, 0.4) is 0 Å². The number of hydrogen-bond acceptors (Lipinski definition) is 6. The van der Waals surface area contributed by atoms with E-state index in [1.165, 1.54) is 0 Å². The topological polar surface area (TPSA) is 81.2 Å². The van der Waals surface area contributed by atoms with Gasteiger partial charge in [-0.1, -0.05) is 13.8 Å². The van der Waals surface area contributed by atoms with Crippen molar-refractivity contribution in [1.29, 1.82) is 0 Å². The zero-order valence-electron chi connectivity index (χ0n) is 12.5. The van der Waals surface area contributed by atoms with E-state index in [0.717, 1.165) is 11.5 Å². The van der Waals surface area contributed by atoms with E-state index >= 15 is 0 Å². The second-order valence-electron chi connectivity index (χ2n) is 5.03. The molecular weight excluding hydrogens is 290 g/mol. The summed E-state index contributed by atoms with van der Waals surface area (Å²) in [4.78, 5) is 12.1. The number of carbonyl (C=O) groups excluding carboxylic acids is 1. The van der Waals surface area contributed by atoms with Gasteiger partial charge in [-0.05, 0) is 25.3 Å². The van der Waals surface area contributed by atoms with Crippen LogP contribution in [0.2, 0.25) is 0 Å². The number of hydrogen-bond donors (Lipinski definition) is 1. The van der Waals surface area contributed by atoms with E-state index in [-0.39, 0.29) is 23.6 Å². The molecule has 1 amide bonds. The van der Waals surface area contributed by atoms with Crippen LogP contribution in [0.25, 0.3) is 0 Å². The van der Waals surface area contributed by atoms with Crippen molar-refractivity contribution in [2.24, 2.45) is 0 Å². The van der Waals surface area contributed by atoms with Gasteiger partial charge in [0.25, 0.3) is 5.91 Å². The Hall–Kier alpha value is -1.76. The molecule has 0 bridgehead atoms. The Morgan fingerprint density at radius 1 is 1.24 bits per heavy atom. The average molecular weight is 309 g/mol. The molecule has 0 fully saturated rings. The van der Waals surface area contributed by atoms with E-state index in [9.17, 15) is 4.79 Å². The Labute approximate surface area is 127 Å². The van der Waals surface area contributed by atoms with Crippen molar-refractivity contribution < 1.29 is 13.6 Å². The van der Waals surface area contributed by atoms with E-state index in [2.05, 4.69) is 15.5 Å². The van der Waals surface area contributed by atoms with E-state index in [4.69, 9.17) is 8.83 Å².